The zero-order chi connectivity index (χ0) is 23.6. The molecular formula is C21H16F4N6O2. The summed E-state index contributed by atoms with van der Waals surface area (Å²) in [5.41, 5.74) is 2.23. The first-order valence-electron chi connectivity index (χ1n) is 9.49. The number of amides is 1. The van der Waals surface area contributed by atoms with Gasteiger partial charge in [-0.05, 0) is 30.3 Å². The highest BCUT2D eigenvalue weighted by Gasteiger charge is 2.44. The van der Waals surface area contributed by atoms with E-state index in [0.717, 1.165) is 17.8 Å². The highest BCUT2D eigenvalue weighted by molar-refractivity contribution is 6.04. The summed E-state index contributed by atoms with van der Waals surface area (Å²) in [5.74, 6) is -1.07. The number of nitrogens with zero attached hydrogens (tertiary/aromatic N) is 5. The first-order chi connectivity index (χ1) is 15.7. The predicted molar refractivity (Wildman–Crippen MR) is 110 cm³/mol. The second kappa shape index (κ2) is 8.73. The zero-order valence-electron chi connectivity index (χ0n) is 17.0. The third-order valence-corrected chi connectivity index (χ3v) is 4.55. The van der Waals surface area contributed by atoms with Crippen molar-refractivity contribution >= 4 is 11.6 Å². The molecule has 0 aliphatic heterocycles. The number of imidazole rings is 1. The van der Waals surface area contributed by atoms with Crippen molar-refractivity contribution < 1.29 is 27.1 Å². The van der Waals surface area contributed by atoms with Crippen LogP contribution in [-0.4, -0.2) is 43.0 Å². The molecule has 0 saturated carbocycles. The number of aromatic nitrogens is 5. The summed E-state index contributed by atoms with van der Waals surface area (Å²) < 4.78 is 58.3. The van der Waals surface area contributed by atoms with Crippen LogP contribution in [0.5, 0.6) is 5.75 Å². The summed E-state index contributed by atoms with van der Waals surface area (Å²) in [6.45, 7) is 0. The van der Waals surface area contributed by atoms with Crippen molar-refractivity contribution in [1.29, 1.82) is 0 Å². The molecule has 12 heteroatoms. The van der Waals surface area contributed by atoms with Crippen LogP contribution in [0.15, 0.2) is 67.3 Å². The topological polar surface area (TPSA) is 86.9 Å². The van der Waals surface area contributed by atoms with Gasteiger partial charge in [-0.15, -0.1) is 5.10 Å². The molecule has 0 spiro atoms. The zero-order valence-corrected chi connectivity index (χ0v) is 17.0. The van der Waals surface area contributed by atoms with Gasteiger partial charge < -0.3 is 14.6 Å². The van der Waals surface area contributed by atoms with Crippen LogP contribution in [0.4, 0.5) is 23.2 Å². The fraction of sp³-hybridized carbons (Fsp3) is 0.143. The molecule has 1 amide bonds. The monoisotopic (exact) mass is 460 g/mol. The van der Waals surface area contributed by atoms with Crippen LogP contribution in [0.25, 0.3) is 17.1 Å². The summed E-state index contributed by atoms with van der Waals surface area (Å²) in [7, 11) is 1.82. The molecule has 1 N–H and O–H groups in total. The van der Waals surface area contributed by atoms with Gasteiger partial charge in [-0.25, -0.2) is 9.67 Å². The Bertz CT molecular complexity index is 1290. The molecular weight excluding hydrogens is 444 g/mol. The molecule has 33 heavy (non-hydrogen) atoms. The number of carbonyl (C=O) groups excluding carboxylic acids is 1. The molecule has 0 fully saturated rings. The summed E-state index contributed by atoms with van der Waals surface area (Å²) in [5, 5.41) is 10.7. The minimum Gasteiger partial charge on any atom is -0.428 e. The highest BCUT2D eigenvalue weighted by atomic mass is 19.3. The predicted octanol–water partition coefficient (Wildman–Crippen LogP) is 4.16. The number of hydrogen-bond donors (Lipinski definition) is 1. The van der Waals surface area contributed by atoms with Crippen LogP contribution in [-0.2, 0) is 7.05 Å². The quantitative estimate of drug-likeness (QED) is 0.419. The van der Waals surface area contributed by atoms with E-state index >= 15 is 0 Å². The molecule has 4 aromatic rings. The molecule has 2 aromatic carbocycles. The number of anilines is 1. The number of benzene rings is 2. The van der Waals surface area contributed by atoms with Crippen molar-refractivity contribution in [1.82, 2.24) is 24.5 Å². The van der Waals surface area contributed by atoms with Gasteiger partial charge in [0.25, 0.3) is 5.91 Å². The average molecular weight is 460 g/mol. The standard InChI is InChI=1S/C21H16F4N6O2/c1-30-12-26-10-18(30)17-11-31(29-28-17)15-6-2-4-13(8-15)19(32)27-14-5-3-7-16(9-14)33-21(24,25)20(22)23/h2-12,20H,1H3,(H,27,32). The summed E-state index contributed by atoms with van der Waals surface area (Å²) >= 11 is 0. The number of hydrogen-bond acceptors (Lipinski definition) is 5. The molecule has 4 rings (SSSR count). The summed E-state index contributed by atoms with van der Waals surface area (Å²) in [6.07, 6.45) is -3.68. The molecule has 0 atom stereocenters. The van der Waals surface area contributed by atoms with E-state index in [0.29, 0.717) is 11.4 Å². The normalized spacial score (nSPS) is 11.6. The minimum atomic E-state index is -4.65. The highest BCUT2D eigenvalue weighted by Crippen LogP contribution is 2.29. The van der Waals surface area contributed by atoms with Crippen molar-refractivity contribution in [3.05, 3.63) is 72.8 Å². The number of halogens is 4. The van der Waals surface area contributed by atoms with E-state index in [-0.39, 0.29) is 11.3 Å². The van der Waals surface area contributed by atoms with Crippen molar-refractivity contribution in [2.45, 2.75) is 12.5 Å². The molecule has 0 saturated heterocycles. The van der Waals surface area contributed by atoms with E-state index in [4.69, 9.17) is 0 Å². The first-order valence-corrected chi connectivity index (χ1v) is 9.49. The van der Waals surface area contributed by atoms with Crippen LogP contribution < -0.4 is 10.1 Å². The number of ether oxygens (including phenoxy) is 1. The number of alkyl halides is 4. The molecule has 0 unspecified atom stereocenters. The number of nitrogens with one attached hydrogen (secondary N) is 1. The lowest BCUT2D eigenvalue weighted by molar-refractivity contribution is -0.253. The second-order valence-corrected chi connectivity index (χ2v) is 6.93. The molecule has 0 aliphatic rings. The van der Waals surface area contributed by atoms with Gasteiger partial charge in [-0.3, -0.25) is 4.79 Å². The van der Waals surface area contributed by atoms with Gasteiger partial charge >= 0.3 is 12.5 Å². The third-order valence-electron chi connectivity index (χ3n) is 4.55. The minimum absolute atomic E-state index is 0.0900. The molecule has 0 radical (unpaired) electrons. The van der Waals surface area contributed by atoms with E-state index in [9.17, 15) is 22.4 Å². The fourth-order valence-corrected chi connectivity index (χ4v) is 2.94. The first kappa shape index (κ1) is 22.0. The SMILES string of the molecule is Cn1cncc1-c1cn(-c2cccc(C(=O)Nc3cccc(OC(F)(F)C(F)F)c3)c2)nn1. The molecule has 2 heterocycles. The Morgan fingerprint density at radius 2 is 1.94 bits per heavy atom. The Hall–Kier alpha value is -4.22. The van der Waals surface area contributed by atoms with Crippen LogP contribution in [0, 0.1) is 0 Å². The number of aryl methyl sites for hydroxylation is 1. The molecule has 8 nitrogen and oxygen atoms in total. The Morgan fingerprint density at radius 3 is 2.67 bits per heavy atom. The fourth-order valence-electron chi connectivity index (χ4n) is 2.94. The van der Waals surface area contributed by atoms with Gasteiger partial charge in [0.15, 0.2) is 0 Å². The van der Waals surface area contributed by atoms with Gasteiger partial charge in [0, 0.05) is 24.4 Å². The van der Waals surface area contributed by atoms with Gasteiger partial charge in [0.1, 0.15) is 11.4 Å². The van der Waals surface area contributed by atoms with Crippen molar-refractivity contribution in [2.75, 3.05) is 5.32 Å². The Kier molecular flexibility index (Phi) is 5.82. The molecule has 0 aliphatic carbocycles. The lowest BCUT2D eigenvalue weighted by Gasteiger charge is -2.17. The van der Waals surface area contributed by atoms with Crippen LogP contribution >= 0.6 is 0 Å². The maximum atomic E-state index is 13.1. The number of carbonyl (C=O) groups is 1. The number of rotatable bonds is 7. The van der Waals surface area contributed by atoms with Crippen LogP contribution in [0.3, 0.4) is 0 Å². The van der Waals surface area contributed by atoms with Crippen molar-refractivity contribution in [3.63, 3.8) is 0 Å². The van der Waals surface area contributed by atoms with Crippen LogP contribution in [0.2, 0.25) is 0 Å². The van der Waals surface area contributed by atoms with E-state index in [1.54, 1.807) is 47.6 Å². The van der Waals surface area contributed by atoms with E-state index in [1.807, 2.05) is 7.05 Å². The van der Waals surface area contributed by atoms with E-state index < -0.39 is 24.2 Å². The largest absolute Gasteiger partial charge is 0.461 e. The van der Waals surface area contributed by atoms with Crippen molar-refractivity contribution in [3.8, 4) is 22.8 Å². The average Bonchev–Trinajstić information content (AvgIpc) is 3.42. The summed E-state index contributed by atoms with van der Waals surface area (Å²) in [4.78, 5) is 16.7. The van der Waals surface area contributed by atoms with Gasteiger partial charge in [0.05, 0.1) is 30.1 Å². The molecule has 170 valence electrons. The lowest BCUT2D eigenvalue weighted by atomic mass is 10.2. The lowest BCUT2D eigenvalue weighted by Crippen LogP contribution is -2.33. The van der Waals surface area contributed by atoms with Gasteiger partial charge in [0.2, 0.25) is 0 Å². The van der Waals surface area contributed by atoms with E-state index in [2.05, 4.69) is 25.3 Å². The van der Waals surface area contributed by atoms with Gasteiger partial charge in [-0.2, -0.15) is 17.6 Å². The molecule has 2 aromatic heterocycles. The van der Waals surface area contributed by atoms with Crippen molar-refractivity contribution in [2.24, 2.45) is 7.05 Å². The smallest absolute Gasteiger partial charge is 0.428 e. The Morgan fingerprint density at radius 1 is 1.15 bits per heavy atom. The van der Waals surface area contributed by atoms with Crippen LogP contribution in [0.1, 0.15) is 10.4 Å². The Balaban J connectivity index is 1.51. The molecule has 0 bridgehead atoms. The maximum Gasteiger partial charge on any atom is 0.461 e. The third kappa shape index (κ3) is 4.84. The summed E-state index contributed by atoms with van der Waals surface area (Å²) in [6, 6.07) is 11.3. The maximum absolute atomic E-state index is 13.1. The van der Waals surface area contributed by atoms with Gasteiger partial charge in [-0.1, -0.05) is 17.3 Å². The Labute approximate surface area is 184 Å². The van der Waals surface area contributed by atoms with E-state index in [1.165, 1.54) is 16.8 Å². The second-order valence-electron chi connectivity index (χ2n) is 6.93.